The van der Waals surface area contributed by atoms with Crippen LogP contribution < -0.4 is 10.6 Å². The van der Waals surface area contributed by atoms with Crippen LogP contribution in [0.3, 0.4) is 0 Å². The molecule has 0 aromatic heterocycles. The summed E-state index contributed by atoms with van der Waals surface area (Å²) in [6.07, 6.45) is -4.28. The topological polar surface area (TPSA) is 58.2 Å². The second kappa shape index (κ2) is 9.28. The quantitative estimate of drug-likeness (QED) is 0.709. The number of nitrogens with one attached hydrogen (secondary N) is 2. The Morgan fingerprint density at radius 1 is 0.962 bits per heavy atom. The minimum absolute atomic E-state index is 0.0108. The van der Waals surface area contributed by atoms with Gasteiger partial charge in [0, 0.05) is 23.4 Å². The van der Waals surface area contributed by atoms with Crippen LogP contribution in [-0.2, 0) is 4.79 Å². The molecule has 0 saturated heterocycles. The number of para-hydroxylation sites is 1. The summed E-state index contributed by atoms with van der Waals surface area (Å²) in [5.74, 6) is -1.72. The van der Waals surface area contributed by atoms with Gasteiger partial charge in [-0.25, -0.2) is 0 Å². The Bertz CT molecular complexity index is 752. The molecule has 0 atom stereocenters. The number of thioether (sulfide) groups is 1. The van der Waals surface area contributed by atoms with E-state index in [1.54, 1.807) is 48.5 Å². The standard InChI is InChI=1S/C18H17F3N2O2S/c19-18(20,21)12-26-15-9-5-4-8-14(15)23-16(24)10-11-22-17(25)13-6-2-1-3-7-13/h1-9H,10-12H2,(H,22,25)(H,23,24). The second-order valence-corrected chi connectivity index (χ2v) is 6.34. The van der Waals surface area contributed by atoms with Crippen molar-refractivity contribution in [2.45, 2.75) is 17.5 Å². The Labute approximate surface area is 153 Å². The molecule has 0 aliphatic heterocycles. The van der Waals surface area contributed by atoms with Crippen molar-refractivity contribution in [3.05, 3.63) is 60.2 Å². The van der Waals surface area contributed by atoms with Gasteiger partial charge >= 0.3 is 6.18 Å². The van der Waals surface area contributed by atoms with Crippen LogP contribution in [0.15, 0.2) is 59.5 Å². The molecule has 2 aromatic rings. The van der Waals surface area contributed by atoms with E-state index < -0.39 is 17.8 Å². The zero-order valence-corrected chi connectivity index (χ0v) is 14.5. The highest BCUT2D eigenvalue weighted by Gasteiger charge is 2.27. The highest BCUT2D eigenvalue weighted by molar-refractivity contribution is 7.99. The van der Waals surface area contributed by atoms with Crippen molar-refractivity contribution in [1.82, 2.24) is 5.32 Å². The van der Waals surface area contributed by atoms with Crippen molar-refractivity contribution in [3.63, 3.8) is 0 Å². The fraction of sp³-hybridized carbons (Fsp3) is 0.222. The molecule has 8 heteroatoms. The van der Waals surface area contributed by atoms with Gasteiger partial charge in [0.05, 0.1) is 11.4 Å². The van der Waals surface area contributed by atoms with E-state index in [4.69, 9.17) is 0 Å². The molecule has 0 aliphatic rings. The molecule has 0 heterocycles. The van der Waals surface area contributed by atoms with Gasteiger partial charge in [0.15, 0.2) is 0 Å². The highest BCUT2D eigenvalue weighted by atomic mass is 32.2. The minimum Gasteiger partial charge on any atom is -0.352 e. The first-order valence-electron chi connectivity index (χ1n) is 7.77. The SMILES string of the molecule is O=C(CCNC(=O)c1ccccc1)Nc1ccccc1SCC(F)(F)F. The van der Waals surface area contributed by atoms with Gasteiger partial charge in [0.25, 0.3) is 5.91 Å². The van der Waals surface area contributed by atoms with Crippen molar-refractivity contribution >= 4 is 29.3 Å². The predicted molar refractivity (Wildman–Crippen MR) is 95.2 cm³/mol. The molecule has 26 heavy (non-hydrogen) atoms. The lowest BCUT2D eigenvalue weighted by atomic mass is 10.2. The highest BCUT2D eigenvalue weighted by Crippen LogP contribution is 2.32. The van der Waals surface area contributed by atoms with Crippen LogP contribution in [-0.4, -0.2) is 30.3 Å². The molecular weight excluding hydrogens is 365 g/mol. The van der Waals surface area contributed by atoms with E-state index in [0.717, 1.165) is 0 Å². The second-order valence-electron chi connectivity index (χ2n) is 5.32. The molecule has 138 valence electrons. The van der Waals surface area contributed by atoms with Gasteiger partial charge in [-0.2, -0.15) is 13.2 Å². The van der Waals surface area contributed by atoms with Crippen LogP contribution in [0, 0.1) is 0 Å². The van der Waals surface area contributed by atoms with Gasteiger partial charge in [0.1, 0.15) is 0 Å². The molecule has 0 aliphatic carbocycles. The van der Waals surface area contributed by atoms with Gasteiger partial charge < -0.3 is 10.6 Å². The molecule has 2 N–H and O–H groups in total. The molecule has 0 bridgehead atoms. The van der Waals surface area contributed by atoms with Crippen LogP contribution in [0.5, 0.6) is 0 Å². The van der Waals surface area contributed by atoms with Crippen molar-refractivity contribution in [2.75, 3.05) is 17.6 Å². The van der Waals surface area contributed by atoms with E-state index in [1.165, 1.54) is 6.07 Å². The lowest BCUT2D eigenvalue weighted by molar-refractivity contribution is -0.116. The van der Waals surface area contributed by atoms with Crippen LogP contribution in [0.1, 0.15) is 16.8 Å². The maximum Gasteiger partial charge on any atom is 0.398 e. The Kier molecular flexibility index (Phi) is 7.08. The van der Waals surface area contributed by atoms with Crippen molar-refractivity contribution in [3.8, 4) is 0 Å². The predicted octanol–water partition coefficient (Wildman–Crippen LogP) is 4.10. The molecule has 0 spiro atoms. The fourth-order valence-corrected chi connectivity index (χ4v) is 2.82. The number of amides is 2. The summed E-state index contributed by atoms with van der Waals surface area (Å²) in [6, 6.07) is 14.9. The lowest BCUT2D eigenvalue weighted by Gasteiger charge is -2.12. The molecule has 2 amide bonds. The van der Waals surface area contributed by atoms with Gasteiger partial charge in [-0.3, -0.25) is 9.59 Å². The zero-order valence-electron chi connectivity index (χ0n) is 13.7. The first kappa shape index (κ1) is 19.8. The van der Waals surface area contributed by atoms with Crippen molar-refractivity contribution in [1.29, 1.82) is 0 Å². The maximum atomic E-state index is 12.4. The summed E-state index contributed by atoms with van der Waals surface area (Å²) in [4.78, 5) is 24.2. The van der Waals surface area contributed by atoms with E-state index in [2.05, 4.69) is 10.6 Å². The smallest absolute Gasteiger partial charge is 0.352 e. The van der Waals surface area contributed by atoms with Crippen molar-refractivity contribution < 1.29 is 22.8 Å². The summed E-state index contributed by atoms with van der Waals surface area (Å²) >= 11 is 0.613. The largest absolute Gasteiger partial charge is 0.398 e. The summed E-state index contributed by atoms with van der Waals surface area (Å²) in [7, 11) is 0. The minimum atomic E-state index is -4.29. The number of carbonyl (C=O) groups excluding carboxylic acids is 2. The molecule has 0 saturated carbocycles. The first-order valence-corrected chi connectivity index (χ1v) is 8.75. The van der Waals surface area contributed by atoms with Crippen LogP contribution >= 0.6 is 11.8 Å². The maximum absolute atomic E-state index is 12.4. The molecule has 0 fully saturated rings. The summed E-state index contributed by atoms with van der Waals surface area (Å²) < 4.78 is 37.1. The number of rotatable bonds is 7. The third-order valence-electron chi connectivity index (χ3n) is 3.23. The monoisotopic (exact) mass is 382 g/mol. The van der Waals surface area contributed by atoms with Crippen LogP contribution in [0.2, 0.25) is 0 Å². The molecule has 4 nitrogen and oxygen atoms in total. The van der Waals surface area contributed by atoms with Crippen LogP contribution in [0.25, 0.3) is 0 Å². The van der Waals surface area contributed by atoms with Crippen molar-refractivity contribution in [2.24, 2.45) is 0 Å². The van der Waals surface area contributed by atoms with Crippen LogP contribution in [0.4, 0.5) is 18.9 Å². The summed E-state index contributed by atoms with van der Waals surface area (Å²) in [5.41, 5.74) is 0.808. The first-order chi connectivity index (χ1) is 12.3. The Morgan fingerprint density at radius 3 is 2.31 bits per heavy atom. The zero-order chi connectivity index (χ0) is 19.0. The number of alkyl halides is 3. The molecule has 0 radical (unpaired) electrons. The Balaban J connectivity index is 1.83. The average molecular weight is 382 g/mol. The Morgan fingerprint density at radius 2 is 1.62 bits per heavy atom. The number of hydrogen-bond acceptors (Lipinski definition) is 3. The van der Waals surface area contributed by atoms with E-state index in [-0.39, 0.29) is 18.9 Å². The fourth-order valence-electron chi connectivity index (χ4n) is 2.05. The third kappa shape index (κ3) is 6.79. The van der Waals surface area contributed by atoms with E-state index >= 15 is 0 Å². The van der Waals surface area contributed by atoms with E-state index in [1.807, 2.05) is 0 Å². The summed E-state index contributed by atoms with van der Waals surface area (Å²) in [6.45, 7) is 0.122. The Hall–Kier alpha value is -2.48. The third-order valence-corrected chi connectivity index (χ3v) is 4.36. The number of hydrogen-bond donors (Lipinski definition) is 2. The number of anilines is 1. The normalized spacial score (nSPS) is 11.0. The molecule has 2 rings (SSSR count). The van der Waals surface area contributed by atoms with Gasteiger partial charge in [-0.1, -0.05) is 30.3 Å². The van der Waals surface area contributed by atoms with E-state index in [0.29, 0.717) is 27.9 Å². The number of halogens is 3. The van der Waals surface area contributed by atoms with Gasteiger partial charge in [-0.15, -0.1) is 11.8 Å². The average Bonchev–Trinajstić information content (AvgIpc) is 2.61. The van der Waals surface area contributed by atoms with Gasteiger partial charge in [-0.05, 0) is 24.3 Å². The molecular formula is C18H17F3N2O2S. The van der Waals surface area contributed by atoms with E-state index in [9.17, 15) is 22.8 Å². The number of carbonyl (C=O) groups is 2. The summed E-state index contributed by atoms with van der Waals surface area (Å²) in [5, 5.41) is 5.20. The number of benzene rings is 2. The molecule has 0 unspecified atom stereocenters. The molecule has 2 aromatic carbocycles. The van der Waals surface area contributed by atoms with Gasteiger partial charge in [0.2, 0.25) is 5.91 Å². The lowest BCUT2D eigenvalue weighted by Crippen LogP contribution is -2.27.